The van der Waals surface area contributed by atoms with E-state index in [9.17, 15) is 4.79 Å². The summed E-state index contributed by atoms with van der Waals surface area (Å²) in [7, 11) is 0. The first-order valence-electron chi connectivity index (χ1n) is 4.04. The minimum Gasteiger partial charge on any atom is -0.447 e. The SMILES string of the molecule is O=C1N[C@@H](c2cc(Br)cc(Br)c2)CO1. The van der Waals surface area contributed by atoms with Crippen LogP contribution in [0.4, 0.5) is 4.79 Å². The summed E-state index contributed by atoms with van der Waals surface area (Å²) in [5.41, 5.74) is 1.03. The lowest BCUT2D eigenvalue weighted by atomic mass is 10.1. The Bertz CT molecular complexity index is 361. The average Bonchev–Trinajstić information content (AvgIpc) is 2.50. The molecule has 1 fully saturated rings. The van der Waals surface area contributed by atoms with Crippen molar-refractivity contribution >= 4 is 38.0 Å². The molecule has 0 radical (unpaired) electrons. The zero-order valence-electron chi connectivity index (χ0n) is 7.09. The normalized spacial score (nSPS) is 20.4. The second-order valence-electron chi connectivity index (χ2n) is 3.00. The Morgan fingerprint density at radius 1 is 1.29 bits per heavy atom. The van der Waals surface area contributed by atoms with Crippen LogP contribution in [0.1, 0.15) is 11.6 Å². The molecule has 3 nitrogen and oxygen atoms in total. The molecule has 74 valence electrons. The molecule has 0 aromatic heterocycles. The van der Waals surface area contributed by atoms with Crippen molar-refractivity contribution in [3.05, 3.63) is 32.7 Å². The fourth-order valence-electron chi connectivity index (χ4n) is 1.34. The highest BCUT2D eigenvalue weighted by molar-refractivity contribution is 9.11. The van der Waals surface area contributed by atoms with Crippen molar-refractivity contribution in [1.82, 2.24) is 5.32 Å². The Kier molecular flexibility index (Phi) is 2.78. The molecule has 1 heterocycles. The molecule has 14 heavy (non-hydrogen) atoms. The van der Waals surface area contributed by atoms with Crippen LogP contribution in [0, 0.1) is 0 Å². The second kappa shape index (κ2) is 3.90. The molecule has 1 aliphatic rings. The van der Waals surface area contributed by atoms with E-state index in [1.807, 2.05) is 18.2 Å². The molecule has 2 rings (SSSR count). The van der Waals surface area contributed by atoms with Gasteiger partial charge in [0.1, 0.15) is 6.61 Å². The first kappa shape index (κ1) is 9.98. The van der Waals surface area contributed by atoms with Gasteiger partial charge >= 0.3 is 6.09 Å². The van der Waals surface area contributed by atoms with Crippen molar-refractivity contribution in [2.24, 2.45) is 0 Å². The molecule has 0 saturated carbocycles. The zero-order valence-corrected chi connectivity index (χ0v) is 10.3. The maximum atomic E-state index is 10.8. The van der Waals surface area contributed by atoms with Crippen LogP contribution in [0.15, 0.2) is 27.1 Å². The molecule has 1 aromatic carbocycles. The number of ether oxygens (including phenoxy) is 1. The van der Waals surface area contributed by atoms with Gasteiger partial charge in [0.25, 0.3) is 0 Å². The van der Waals surface area contributed by atoms with E-state index >= 15 is 0 Å². The summed E-state index contributed by atoms with van der Waals surface area (Å²) in [6.45, 7) is 0.391. The van der Waals surface area contributed by atoms with Gasteiger partial charge in [0, 0.05) is 8.95 Å². The van der Waals surface area contributed by atoms with Gasteiger partial charge in [0.2, 0.25) is 0 Å². The van der Waals surface area contributed by atoms with Gasteiger partial charge in [-0.3, -0.25) is 0 Å². The second-order valence-corrected chi connectivity index (χ2v) is 4.83. The van der Waals surface area contributed by atoms with Gasteiger partial charge in [-0.05, 0) is 23.8 Å². The summed E-state index contributed by atoms with van der Waals surface area (Å²) in [6.07, 6.45) is -0.355. The van der Waals surface area contributed by atoms with E-state index in [0.29, 0.717) is 6.61 Å². The summed E-state index contributed by atoms with van der Waals surface area (Å²) >= 11 is 6.78. The maximum Gasteiger partial charge on any atom is 0.407 e. The van der Waals surface area contributed by atoms with Gasteiger partial charge in [-0.2, -0.15) is 0 Å². The fourth-order valence-corrected chi connectivity index (χ4v) is 2.67. The minimum atomic E-state index is -0.355. The van der Waals surface area contributed by atoms with E-state index in [1.165, 1.54) is 0 Å². The number of carbonyl (C=O) groups excluding carboxylic acids is 1. The van der Waals surface area contributed by atoms with E-state index in [2.05, 4.69) is 37.2 Å². The van der Waals surface area contributed by atoms with Crippen molar-refractivity contribution in [2.45, 2.75) is 6.04 Å². The van der Waals surface area contributed by atoms with Gasteiger partial charge in [0.05, 0.1) is 6.04 Å². The highest BCUT2D eigenvalue weighted by atomic mass is 79.9. The van der Waals surface area contributed by atoms with Crippen molar-refractivity contribution in [2.75, 3.05) is 6.61 Å². The van der Waals surface area contributed by atoms with Crippen LogP contribution in [0.25, 0.3) is 0 Å². The summed E-state index contributed by atoms with van der Waals surface area (Å²) in [4.78, 5) is 10.8. The lowest BCUT2D eigenvalue weighted by Crippen LogP contribution is -2.18. The quantitative estimate of drug-likeness (QED) is 0.864. The number of halogens is 2. The zero-order chi connectivity index (χ0) is 10.1. The number of benzene rings is 1. The van der Waals surface area contributed by atoms with Gasteiger partial charge < -0.3 is 10.1 Å². The number of carbonyl (C=O) groups is 1. The number of hydrogen-bond acceptors (Lipinski definition) is 2. The van der Waals surface area contributed by atoms with Crippen LogP contribution in [0.3, 0.4) is 0 Å². The molecule has 1 amide bonds. The van der Waals surface area contributed by atoms with Crippen LogP contribution in [-0.2, 0) is 4.74 Å². The van der Waals surface area contributed by atoms with Crippen LogP contribution in [0.5, 0.6) is 0 Å². The Morgan fingerprint density at radius 3 is 2.43 bits per heavy atom. The molecule has 0 bridgehead atoms. The third kappa shape index (κ3) is 2.09. The molecule has 0 spiro atoms. The highest BCUT2D eigenvalue weighted by Gasteiger charge is 2.23. The topological polar surface area (TPSA) is 38.3 Å². The third-order valence-corrected chi connectivity index (χ3v) is 2.88. The summed E-state index contributed by atoms with van der Waals surface area (Å²) < 4.78 is 6.77. The number of alkyl carbamates (subject to hydrolysis) is 1. The Labute approximate surface area is 98.1 Å². The molecular formula is C9H7Br2NO2. The molecule has 0 unspecified atom stereocenters. The van der Waals surface area contributed by atoms with Crippen LogP contribution >= 0.6 is 31.9 Å². The first-order valence-corrected chi connectivity index (χ1v) is 5.63. The fraction of sp³-hybridized carbons (Fsp3) is 0.222. The molecule has 1 aromatic rings. The van der Waals surface area contributed by atoms with Gasteiger partial charge in [-0.25, -0.2) is 4.79 Å². The van der Waals surface area contributed by atoms with Gasteiger partial charge in [-0.1, -0.05) is 31.9 Å². The molecular weight excluding hydrogens is 314 g/mol. The van der Waals surface area contributed by atoms with Crippen molar-refractivity contribution < 1.29 is 9.53 Å². The lowest BCUT2D eigenvalue weighted by molar-refractivity contribution is 0.177. The van der Waals surface area contributed by atoms with Crippen LogP contribution in [0.2, 0.25) is 0 Å². The van der Waals surface area contributed by atoms with Crippen molar-refractivity contribution in [3.63, 3.8) is 0 Å². The predicted octanol–water partition coefficient (Wildman–Crippen LogP) is 2.99. The average molecular weight is 321 g/mol. The largest absolute Gasteiger partial charge is 0.447 e. The standard InChI is InChI=1S/C9H7Br2NO2/c10-6-1-5(2-7(11)3-6)8-4-14-9(13)12-8/h1-3,8H,4H2,(H,12,13)/t8-/m1/s1. The monoisotopic (exact) mass is 319 g/mol. The van der Waals surface area contributed by atoms with Gasteiger partial charge in [-0.15, -0.1) is 0 Å². The number of cyclic esters (lactones) is 1. The summed E-state index contributed by atoms with van der Waals surface area (Å²) in [6, 6.07) is 5.83. The highest BCUT2D eigenvalue weighted by Crippen LogP contribution is 2.26. The number of amides is 1. The number of nitrogens with one attached hydrogen (secondary N) is 1. The number of hydrogen-bond donors (Lipinski definition) is 1. The van der Waals surface area contributed by atoms with Gasteiger partial charge in [0.15, 0.2) is 0 Å². The van der Waals surface area contributed by atoms with E-state index < -0.39 is 0 Å². The van der Waals surface area contributed by atoms with E-state index in [-0.39, 0.29) is 12.1 Å². The molecule has 1 N–H and O–H groups in total. The van der Waals surface area contributed by atoms with E-state index in [0.717, 1.165) is 14.5 Å². The molecule has 0 aliphatic carbocycles. The van der Waals surface area contributed by atoms with Crippen molar-refractivity contribution in [1.29, 1.82) is 0 Å². The van der Waals surface area contributed by atoms with E-state index in [1.54, 1.807) is 0 Å². The Morgan fingerprint density at radius 2 is 1.93 bits per heavy atom. The van der Waals surface area contributed by atoms with E-state index in [4.69, 9.17) is 4.74 Å². The molecule has 1 saturated heterocycles. The molecule has 5 heteroatoms. The molecule has 1 atom stereocenters. The smallest absolute Gasteiger partial charge is 0.407 e. The van der Waals surface area contributed by atoms with Crippen LogP contribution < -0.4 is 5.32 Å². The predicted molar refractivity (Wildman–Crippen MR) is 59.1 cm³/mol. The minimum absolute atomic E-state index is 0.0451. The summed E-state index contributed by atoms with van der Waals surface area (Å²) in [5.74, 6) is 0. The summed E-state index contributed by atoms with van der Waals surface area (Å²) in [5, 5.41) is 2.72. The first-order chi connectivity index (χ1) is 6.65. The maximum absolute atomic E-state index is 10.8. The Hall–Kier alpha value is -0.550. The third-order valence-electron chi connectivity index (χ3n) is 1.96. The van der Waals surface area contributed by atoms with Crippen molar-refractivity contribution in [3.8, 4) is 0 Å². The molecule has 1 aliphatic heterocycles. The lowest BCUT2D eigenvalue weighted by Gasteiger charge is -2.08. The number of rotatable bonds is 1. The van der Waals surface area contributed by atoms with Crippen LogP contribution in [-0.4, -0.2) is 12.7 Å². The Balaban J connectivity index is 2.27.